The lowest BCUT2D eigenvalue weighted by Gasteiger charge is -2.08. The number of hydrogen-bond donors (Lipinski definition) is 2. The molecule has 5 heteroatoms. The summed E-state index contributed by atoms with van der Waals surface area (Å²) in [6.45, 7) is 4.79. The molecule has 0 aliphatic rings. The summed E-state index contributed by atoms with van der Waals surface area (Å²) in [5.74, 6) is 0.805. The molecule has 0 atom stereocenters. The Labute approximate surface area is 108 Å². The zero-order chi connectivity index (χ0) is 13.2. The van der Waals surface area contributed by atoms with Gasteiger partial charge in [0.15, 0.2) is 0 Å². The van der Waals surface area contributed by atoms with Gasteiger partial charge in [-0.2, -0.15) is 0 Å². The minimum Gasteiger partial charge on any atom is -0.354 e. The molecule has 5 nitrogen and oxygen atoms in total. The quantitative estimate of drug-likeness (QED) is 0.692. The van der Waals surface area contributed by atoms with Crippen LogP contribution in [0.15, 0.2) is 18.5 Å². The van der Waals surface area contributed by atoms with Crippen LogP contribution in [0.4, 0.5) is 5.95 Å². The number of amides is 1. The second kappa shape index (κ2) is 8.44. The maximum absolute atomic E-state index is 11.4. The van der Waals surface area contributed by atoms with E-state index in [1.807, 2.05) is 13.8 Å². The van der Waals surface area contributed by atoms with Gasteiger partial charge in [-0.3, -0.25) is 4.79 Å². The summed E-state index contributed by atoms with van der Waals surface area (Å²) < 4.78 is 0. The van der Waals surface area contributed by atoms with Gasteiger partial charge in [0, 0.05) is 31.4 Å². The average molecular weight is 250 g/mol. The predicted molar refractivity (Wildman–Crippen MR) is 72.3 cm³/mol. The van der Waals surface area contributed by atoms with Crippen LogP contribution in [0, 0.1) is 0 Å². The van der Waals surface area contributed by atoms with Crippen LogP contribution in [0.1, 0.15) is 39.5 Å². The Morgan fingerprint density at radius 3 is 2.61 bits per heavy atom. The van der Waals surface area contributed by atoms with E-state index < -0.39 is 0 Å². The van der Waals surface area contributed by atoms with Crippen LogP contribution in [-0.2, 0) is 4.79 Å². The predicted octanol–water partition coefficient (Wildman–Crippen LogP) is 1.97. The molecular formula is C13H22N4O. The minimum atomic E-state index is 0.143. The van der Waals surface area contributed by atoms with E-state index in [4.69, 9.17) is 0 Å². The molecule has 0 fully saturated rings. The molecule has 0 aliphatic heterocycles. The Hall–Kier alpha value is -1.65. The fraction of sp³-hybridized carbons (Fsp3) is 0.615. The van der Waals surface area contributed by atoms with Crippen molar-refractivity contribution < 1.29 is 4.79 Å². The number of anilines is 1. The molecule has 0 unspecified atom stereocenters. The molecule has 0 radical (unpaired) electrons. The van der Waals surface area contributed by atoms with Gasteiger partial charge >= 0.3 is 0 Å². The zero-order valence-corrected chi connectivity index (χ0v) is 11.1. The minimum absolute atomic E-state index is 0.143. The first kappa shape index (κ1) is 14.4. The van der Waals surface area contributed by atoms with Crippen LogP contribution in [0.2, 0.25) is 0 Å². The molecule has 2 N–H and O–H groups in total. The van der Waals surface area contributed by atoms with Crippen molar-refractivity contribution in [3.63, 3.8) is 0 Å². The van der Waals surface area contributed by atoms with E-state index in [0.29, 0.717) is 12.4 Å². The molecule has 0 aliphatic carbocycles. The van der Waals surface area contributed by atoms with E-state index in [0.717, 1.165) is 25.8 Å². The fourth-order valence-corrected chi connectivity index (χ4v) is 1.57. The summed E-state index contributed by atoms with van der Waals surface area (Å²) >= 11 is 0. The highest BCUT2D eigenvalue weighted by Crippen LogP contribution is 2.01. The van der Waals surface area contributed by atoms with Crippen LogP contribution in [0.5, 0.6) is 0 Å². The van der Waals surface area contributed by atoms with Crippen molar-refractivity contribution in [2.45, 2.75) is 45.6 Å². The maximum atomic E-state index is 11.4. The Bertz CT molecular complexity index is 340. The molecule has 1 rings (SSSR count). The molecule has 1 aromatic heterocycles. The highest BCUT2D eigenvalue weighted by atomic mass is 16.1. The van der Waals surface area contributed by atoms with E-state index in [2.05, 4.69) is 20.6 Å². The van der Waals surface area contributed by atoms with Crippen molar-refractivity contribution in [2.75, 3.05) is 11.9 Å². The van der Waals surface area contributed by atoms with Crippen molar-refractivity contribution in [1.29, 1.82) is 0 Å². The fourth-order valence-electron chi connectivity index (χ4n) is 1.57. The van der Waals surface area contributed by atoms with Gasteiger partial charge in [0.1, 0.15) is 0 Å². The smallest absolute Gasteiger partial charge is 0.222 e. The lowest BCUT2D eigenvalue weighted by molar-refractivity contribution is -0.121. The molecule has 0 saturated heterocycles. The first-order chi connectivity index (χ1) is 8.68. The van der Waals surface area contributed by atoms with E-state index in [1.54, 1.807) is 18.5 Å². The van der Waals surface area contributed by atoms with Crippen LogP contribution >= 0.6 is 0 Å². The van der Waals surface area contributed by atoms with E-state index in [1.165, 1.54) is 0 Å². The summed E-state index contributed by atoms with van der Waals surface area (Å²) in [5, 5.41) is 6.03. The van der Waals surface area contributed by atoms with Crippen molar-refractivity contribution in [3.05, 3.63) is 18.5 Å². The van der Waals surface area contributed by atoms with Crippen LogP contribution in [0.25, 0.3) is 0 Å². The first-order valence-electron chi connectivity index (χ1n) is 6.48. The molecule has 1 heterocycles. The van der Waals surface area contributed by atoms with E-state index in [-0.39, 0.29) is 11.9 Å². The highest BCUT2D eigenvalue weighted by molar-refractivity contribution is 5.76. The van der Waals surface area contributed by atoms with Crippen molar-refractivity contribution in [1.82, 2.24) is 15.3 Å². The van der Waals surface area contributed by atoms with Gasteiger partial charge in [-0.25, -0.2) is 9.97 Å². The number of rotatable bonds is 8. The molecular weight excluding hydrogens is 228 g/mol. The monoisotopic (exact) mass is 250 g/mol. The van der Waals surface area contributed by atoms with Gasteiger partial charge in [0.05, 0.1) is 0 Å². The average Bonchev–Trinajstić information content (AvgIpc) is 2.34. The summed E-state index contributed by atoms with van der Waals surface area (Å²) in [5.41, 5.74) is 0. The Morgan fingerprint density at radius 2 is 1.94 bits per heavy atom. The van der Waals surface area contributed by atoms with Gasteiger partial charge in [0.25, 0.3) is 0 Å². The normalized spacial score (nSPS) is 10.4. The first-order valence-corrected chi connectivity index (χ1v) is 6.48. The Balaban J connectivity index is 1.98. The Morgan fingerprint density at radius 1 is 1.22 bits per heavy atom. The van der Waals surface area contributed by atoms with Crippen LogP contribution in [0.3, 0.4) is 0 Å². The zero-order valence-electron chi connectivity index (χ0n) is 11.1. The second-order valence-electron chi connectivity index (χ2n) is 4.53. The lowest BCUT2D eigenvalue weighted by Crippen LogP contribution is -2.29. The molecule has 18 heavy (non-hydrogen) atoms. The SMILES string of the molecule is CC(C)NC(=O)CCCCCNc1ncccn1. The van der Waals surface area contributed by atoms with Gasteiger partial charge < -0.3 is 10.6 Å². The molecule has 0 spiro atoms. The third kappa shape index (κ3) is 6.83. The number of carbonyl (C=O) groups is 1. The molecule has 0 bridgehead atoms. The van der Waals surface area contributed by atoms with E-state index in [9.17, 15) is 4.79 Å². The number of aromatic nitrogens is 2. The number of nitrogens with one attached hydrogen (secondary N) is 2. The number of nitrogens with zero attached hydrogens (tertiary/aromatic N) is 2. The third-order valence-corrected chi connectivity index (χ3v) is 2.38. The van der Waals surface area contributed by atoms with Gasteiger partial charge in [-0.15, -0.1) is 0 Å². The summed E-state index contributed by atoms with van der Waals surface area (Å²) in [4.78, 5) is 19.5. The highest BCUT2D eigenvalue weighted by Gasteiger charge is 2.02. The number of unbranched alkanes of at least 4 members (excludes halogenated alkanes) is 2. The van der Waals surface area contributed by atoms with Gasteiger partial charge in [-0.05, 0) is 32.8 Å². The van der Waals surface area contributed by atoms with Crippen molar-refractivity contribution in [3.8, 4) is 0 Å². The Kier molecular flexibility index (Phi) is 6.76. The molecule has 0 aromatic carbocycles. The van der Waals surface area contributed by atoms with Crippen molar-refractivity contribution >= 4 is 11.9 Å². The third-order valence-electron chi connectivity index (χ3n) is 2.38. The lowest BCUT2D eigenvalue weighted by atomic mass is 10.2. The summed E-state index contributed by atoms with van der Waals surface area (Å²) in [7, 11) is 0. The molecule has 1 amide bonds. The summed E-state index contributed by atoms with van der Waals surface area (Å²) in [6, 6.07) is 2.02. The van der Waals surface area contributed by atoms with E-state index >= 15 is 0 Å². The maximum Gasteiger partial charge on any atom is 0.222 e. The number of carbonyl (C=O) groups excluding carboxylic acids is 1. The van der Waals surface area contributed by atoms with Gasteiger partial charge in [0.2, 0.25) is 11.9 Å². The van der Waals surface area contributed by atoms with Gasteiger partial charge in [-0.1, -0.05) is 6.42 Å². The summed E-state index contributed by atoms with van der Waals surface area (Å²) in [6.07, 6.45) is 7.02. The number of hydrogen-bond acceptors (Lipinski definition) is 4. The molecule has 1 aromatic rings. The van der Waals surface area contributed by atoms with Crippen LogP contribution in [-0.4, -0.2) is 28.5 Å². The topological polar surface area (TPSA) is 66.9 Å². The van der Waals surface area contributed by atoms with Crippen molar-refractivity contribution in [2.24, 2.45) is 0 Å². The largest absolute Gasteiger partial charge is 0.354 e. The second-order valence-corrected chi connectivity index (χ2v) is 4.53. The molecule has 100 valence electrons. The van der Waals surface area contributed by atoms with Crippen LogP contribution < -0.4 is 10.6 Å². The molecule has 0 saturated carbocycles. The standard InChI is InChI=1S/C13H22N4O/c1-11(2)17-12(18)7-4-3-5-8-14-13-15-9-6-10-16-13/h6,9-11H,3-5,7-8H2,1-2H3,(H,17,18)(H,14,15,16).